The number of ether oxygens (including phenoxy) is 2. The molecule has 0 saturated carbocycles. The number of allylic oxidation sites excluding steroid dienone is 1. The van der Waals surface area contributed by atoms with Gasteiger partial charge in [-0.05, 0) is 24.8 Å². The standard InChI is InChI=1S/C20H32O10/c1-10-11(2)20(3,4)7-14(17(10)26)30-16(25)6-5-15(24)29-9-13(23)19(28)18(27)12(22)8-21/h12-14,18-19,21-23,27-28H,5-9H2,1-4H3. The molecule has 5 N–H and O–H groups in total. The Kier molecular flexibility index (Phi) is 9.57. The zero-order valence-corrected chi connectivity index (χ0v) is 17.7. The van der Waals surface area contributed by atoms with Crippen molar-refractivity contribution in [2.45, 2.75) is 77.5 Å². The molecule has 0 aromatic rings. The lowest BCUT2D eigenvalue weighted by Gasteiger charge is -2.36. The van der Waals surface area contributed by atoms with Crippen LogP contribution in [-0.4, -0.2) is 87.0 Å². The van der Waals surface area contributed by atoms with Gasteiger partial charge in [0.05, 0.1) is 19.4 Å². The van der Waals surface area contributed by atoms with Gasteiger partial charge in [-0.3, -0.25) is 14.4 Å². The molecule has 0 heterocycles. The van der Waals surface area contributed by atoms with Crippen LogP contribution in [0, 0.1) is 5.41 Å². The van der Waals surface area contributed by atoms with Gasteiger partial charge in [0, 0.05) is 6.42 Å². The van der Waals surface area contributed by atoms with Crippen LogP contribution in [-0.2, 0) is 23.9 Å². The normalized spacial score (nSPS) is 22.8. The van der Waals surface area contributed by atoms with E-state index >= 15 is 0 Å². The molecule has 0 aliphatic heterocycles. The van der Waals surface area contributed by atoms with Crippen LogP contribution in [0.5, 0.6) is 0 Å². The maximum absolute atomic E-state index is 12.3. The van der Waals surface area contributed by atoms with Crippen molar-refractivity contribution in [2.75, 3.05) is 13.2 Å². The summed E-state index contributed by atoms with van der Waals surface area (Å²) in [6.45, 7) is 5.94. The van der Waals surface area contributed by atoms with Gasteiger partial charge in [0.15, 0.2) is 11.9 Å². The van der Waals surface area contributed by atoms with Gasteiger partial charge in [-0.25, -0.2) is 0 Å². The summed E-state index contributed by atoms with van der Waals surface area (Å²) in [6, 6.07) is 0. The van der Waals surface area contributed by atoms with Gasteiger partial charge in [0.25, 0.3) is 0 Å². The summed E-state index contributed by atoms with van der Waals surface area (Å²) in [4.78, 5) is 36.1. The summed E-state index contributed by atoms with van der Waals surface area (Å²) in [5, 5.41) is 46.8. The highest BCUT2D eigenvalue weighted by Crippen LogP contribution is 2.39. The summed E-state index contributed by atoms with van der Waals surface area (Å²) in [5.74, 6) is -1.86. The fraction of sp³-hybridized carbons (Fsp3) is 0.750. The average Bonchev–Trinajstić information content (AvgIpc) is 2.70. The van der Waals surface area contributed by atoms with Crippen LogP contribution in [0.15, 0.2) is 11.1 Å². The van der Waals surface area contributed by atoms with Crippen LogP contribution in [0.25, 0.3) is 0 Å². The number of aliphatic hydroxyl groups excluding tert-OH is 5. The lowest BCUT2D eigenvalue weighted by molar-refractivity contribution is -0.161. The molecular weight excluding hydrogens is 400 g/mol. The van der Waals surface area contributed by atoms with Gasteiger partial charge in [-0.1, -0.05) is 19.4 Å². The third-order valence-corrected chi connectivity index (χ3v) is 5.48. The quantitative estimate of drug-likeness (QED) is 0.270. The number of ketones is 1. The van der Waals surface area contributed by atoms with Gasteiger partial charge >= 0.3 is 11.9 Å². The monoisotopic (exact) mass is 432 g/mol. The van der Waals surface area contributed by atoms with Crippen LogP contribution in [0.4, 0.5) is 0 Å². The van der Waals surface area contributed by atoms with E-state index in [9.17, 15) is 34.8 Å². The third kappa shape index (κ3) is 6.85. The number of hydrogen-bond acceptors (Lipinski definition) is 10. The number of aliphatic hydroxyl groups is 5. The summed E-state index contributed by atoms with van der Waals surface area (Å²) in [5.41, 5.74) is 1.21. The molecule has 0 saturated heterocycles. The van der Waals surface area contributed by atoms with E-state index in [-0.39, 0.29) is 24.0 Å². The molecular formula is C20H32O10. The molecule has 1 aliphatic rings. The van der Waals surface area contributed by atoms with Crippen LogP contribution in [0.3, 0.4) is 0 Å². The largest absolute Gasteiger partial charge is 0.463 e. The minimum absolute atomic E-state index is 0.261. The number of rotatable bonds is 10. The van der Waals surface area contributed by atoms with Crippen molar-refractivity contribution in [1.82, 2.24) is 0 Å². The predicted octanol–water partition coefficient (Wildman–Crippen LogP) is -1.01. The van der Waals surface area contributed by atoms with E-state index in [0.29, 0.717) is 12.0 Å². The lowest BCUT2D eigenvalue weighted by atomic mass is 9.72. The van der Waals surface area contributed by atoms with E-state index < -0.39 is 55.7 Å². The number of carbonyl (C=O) groups excluding carboxylic acids is 3. The predicted molar refractivity (Wildman–Crippen MR) is 103 cm³/mol. The second kappa shape index (κ2) is 11.0. The SMILES string of the molecule is CC1=C(C)C(C)(C)CC(OC(=O)CCC(=O)OCC(O)C(O)C(O)C(O)CO)C1=O. The first kappa shape index (κ1) is 26.2. The molecule has 0 amide bonds. The maximum Gasteiger partial charge on any atom is 0.307 e. The Bertz CT molecular complexity index is 668. The smallest absolute Gasteiger partial charge is 0.307 e. The first-order valence-corrected chi connectivity index (χ1v) is 9.72. The number of esters is 2. The van der Waals surface area contributed by atoms with E-state index in [1.165, 1.54) is 0 Å². The van der Waals surface area contributed by atoms with Gasteiger partial charge in [-0.2, -0.15) is 0 Å². The molecule has 0 aromatic carbocycles. The van der Waals surface area contributed by atoms with Crippen molar-refractivity contribution in [3.8, 4) is 0 Å². The molecule has 0 radical (unpaired) electrons. The Morgan fingerprint density at radius 3 is 2.13 bits per heavy atom. The van der Waals surface area contributed by atoms with Gasteiger partial charge < -0.3 is 35.0 Å². The highest BCUT2D eigenvalue weighted by Gasteiger charge is 2.39. The highest BCUT2D eigenvalue weighted by atomic mass is 16.6. The number of Topliss-reactive ketones (excluding diaryl/α,β-unsaturated/α-hetero) is 1. The van der Waals surface area contributed by atoms with Crippen LogP contribution in [0.1, 0.15) is 47.0 Å². The van der Waals surface area contributed by atoms with E-state index in [1.54, 1.807) is 6.92 Å². The first-order chi connectivity index (χ1) is 13.8. The highest BCUT2D eigenvalue weighted by molar-refractivity contribution is 6.01. The Hall–Kier alpha value is -1.85. The summed E-state index contributed by atoms with van der Waals surface area (Å²) >= 11 is 0. The molecule has 10 nitrogen and oxygen atoms in total. The Labute approximate surface area is 175 Å². The average molecular weight is 432 g/mol. The molecule has 0 aromatic heterocycles. The summed E-state index contributed by atoms with van der Waals surface area (Å²) in [7, 11) is 0. The molecule has 1 aliphatic carbocycles. The van der Waals surface area contributed by atoms with Crippen molar-refractivity contribution >= 4 is 17.7 Å². The van der Waals surface area contributed by atoms with Crippen LogP contribution >= 0.6 is 0 Å². The molecule has 5 atom stereocenters. The lowest BCUT2D eigenvalue weighted by Crippen LogP contribution is -2.47. The van der Waals surface area contributed by atoms with Gasteiger partial charge in [-0.15, -0.1) is 0 Å². The molecule has 0 bridgehead atoms. The molecule has 1 rings (SSSR count). The Balaban J connectivity index is 2.45. The van der Waals surface area contributed by atoms with Crippen molar-refractivity contribution in [1.29, 1.82) is 0 Å². The molecule has 172 valence electrons. The minimum Gasteiger partial charge on any atom is -0.463 e. The van der Waals surface area contributed by atoms with Crippen molar-refractivity contribution in [2.24, 2.45) is 5.41 Å². The zero-order valence-electron chi connectivity index (χ0n) is 17.7. The Morgan fingerprint density at radius 2 is 1.57 bits per heavy atom. The molecule has 5 unspecified atom stereocenters. The van der Waals surface area contributed by atoms with E-state index in [1.807, 2.05) is 20.8 Å². The van der Waals surface area contributed by atoms with E-state index in [0.717, 1.165) is 5.57 Å². The van der Waals surface area contributed by atoms with Crippen LogP contribution in [0.2, 0.25) is 0 Å². The Morgan fingerprint density at radius 1 is 1.03 bits per heavy atom. The number of carbonyl (C=O) groups is 3. The third-order valence-electron chi connectivity index (χ3n) is 5.48. The van der Waals surface area contributed by atoms with E-state index in [2.05, 4.69) is 0 Å². The second-order valence-electron chi connectivity index (χ2n) is 8.16. The first-order valence-electron chi connectivity index (χ1n) is 9.72. The van der Waals surface area contributed by atoms with Gasteiger partial charge in [0.2, 0.25) is 0 Å². The van der Waals surface area contributed by atoms with Gasteiger partial charge in [0.1, 0.15) is 31.0 Å². The molecule has 0 spiro atoms. The van der Waals surface area contributed by atoms with Crippen molar-refractivity contribution in [3.05, 3.63) is 11.1 Å². The number of hydrogen-bond donors (Lipinski definition) is 5. The molecule has 30 heavy (non-hydrogen) atoms. The van der Waals surface area contributed by atoms with E-state index in [4.69, 9.17) is 14.6 Å². The summed E-state index contributed by atoms with van der Waals surface area (Å²) in [6.07, 6.45) is -8.35. The zero-order chi connectivity index (χ0) is 23.2. The molecule has 10 heteroatoms. The summed E-state index contributed by atoms with van der Waals surface area (Å²) < 4.78 is 9.97. The fourth-order valence-electron chi connectivity index (χ4n) is 3.07. The maximum atomic E-state index is 12.3. The fourth-order valence-corrected chi connectivity index (χ4v) is 3.07. The van der Waals surface area contributed by atoms with Crippen molar-refractivity contribution in [3.63, 3.8) is 0 Å². The minimum atomic E-state index is -1.86. The van der Waals surface area contributed by atoms with Crippen LogP contribution < -0.4 is 0 Å². The topological polar surface area (TPSA) is 171 Å². The second-order valence-corrected chi connectivity index (χ2v) is 8.16. The van der Waals surface area contributed by atoms with Crippen molar-refractivity contribution < 1.29 is 49.4 Å². The molecule has 0 fully saturated rings.